The van der Waals surface area contributed by atoms with E-state index in [-0.39, 0.29) is 9.79 Å². The van der Waals surface area contributed by atoms with Gasteiger partial charge in [0.2, 0.25) is 9.84 Å². The Morgan fingerprint density at radius 3 is 2.29 bits per heavy atom. The summed E-state index contributed by atoms with van der Waals surface area (Å²) in [6, 6.07) is 9.37. The van der Waals surface area contributed by atoms with Crippen LogP contribution >= 0.6 is 0 Å². The van der Waals surface area contributed by atoms with Crippen LogP contribution < -0.4 is 4.74 Å². The minimum Gasteiger partial charge on any atom is -0.497 e. The first-order chi connectivity index (χ1) is 8.14. The van der Waals surface area contributed by atoms with Crippen LogP contribution in [0.5, 0.6) is 5.75 Å². The smallest absolute Gasteiger partial charge is 0.208 e. The summed E-state index contributed by atoms with van der Waals surface area (Å²) in [5.41, 5.74) is 0. The van der Waals surface area contributed by atoms with Gasteiger partial charge in [0.15, 0.2) is 0 Å². The van der Waals surface area contributed by atoms with E-state index in [0.29, 0.717) is 5.75 Å². The van der Waals surface area contributed by atoms with Gasteiger partial charge in [0, 0.05) is 12.4 Å². The number of sulfone groups is 1. The van der Waals surface area contributed by atoms with Crippen LogP contribution in [0.3, 0.4) is 0 Å². The summed E-state index contributed by atoms with van der Waals surface area (Å²) in [5.74, 6) is 0.620. The Labute approximate surface area is 99.8 Å². The lowest BCUT2D eigenvalue weighted by atomic mass is 10.3. The molecule has 1 aromatic heterocycles. The van der Waals surface area contributed by atoms with Gasteiger partial charge in [0.1, 0.15) is 5.75 Å². The van der Waals surface area contributed by atoms with E-state index in [1.807, 2.05) is 0 Å². The Morgan fingerprint density at radius 2 is 1.76 bits per heavy atom. The Kier molecular flexibility index (Phi) is 3.10. The van der Waals surface area contributed by atoms with Gasteiger partial charge in [-0.2, -0.15) is 0 Å². The van der Waals surface area contributed by atoms with Crippen molar-refractivity contribution in [2.24, 2.45) is 0 Å². The summed E-state index contributed by atoms with van der Waals surface area (Å²) in [7, 11) is -1.95. The molecule has 0 saturated carbocycles. The fourth-order valence-corrected chi connectivity index (χ4v) is 2.62. The van der Waals surface area contributed by atoms with Crippen LogP contribution in [0.2, 0.25) is 0 Å². The maximum atomic E-state index is 12.2. The van der Waals surface area contributed by atoms with Crippen molar-refractivity contribution in [1.82, 2.24) is 4.98 Å². The first-order valence-corrected chi connectivity index (χ1v) is 6.42. The van der Waals surface area contributed by atoms with Crippen LogP contribution in [0.1, 0.15) is 0 Å². The number of nitrogens with zero attached hydrogens (tertiary/aromatic N) is 1. The molecule has 17 heavy (non-hydrogen) atoms. The molecule has 2 rings (SSSR count). The van der Waals surface area contributed by atoms with Crippen molar-refractivity contribution in [2.45, 2.75) is 9.79 Å². The molecule has 0 bridgehead atoms. The number of ether oxygens (including phenoxy) is 1. The van der Waals surface area contributed by atoms with Crippen molar-refractivity contribution in [1.29, 1.82) is 0 Å². The van der Waals surface area contributed by atoms with Crippen molar-refractivity contribution < 1.29 is 13.2 Å². The molecule has 0 aliphatic heterocycles. The van der Waals surface area contributed by atoms with Crippen LogP contribution in [0.15, 0.2) is 58.6 Å². The SMILES string of the molecule is COc1ccc(S(=O)(=O)c2cccnc2)cc1. The molecule has 4 nitrogen and oxygen atoms in total. The highest BCUT2D eigenvalue weighted by molar-refractivity contribution is 7.91. The van der Waals surface area contributed by atoms with Crippen molar-refractivity contribution in [3.05, 3.63) is 48.8 Å². The standard InChI is InChI=1S/C12H11NO3S/c1-16-10-4-6-11(7-5-10)17(14,15)12-3-2-8-13-9-12/h2-9H,1H3. The molecule has 88 valence electrons. The average molecular weight is 249 g/mol. The number of aromatic nitrogens is 1. The first-order valence-electron chi connectivity index (χ1n) is 4.94. The maximum absolute atomic E-state index is 12.2. The summed E-state index contributed by atoms with van der Waals surface area (Å²) >= 11 is 0. The topological polar surface area (TPSA) is 56.3 Å². The number of hydrogen-bond acceptors (Lipinski definition) is 4. The summed E-state index contributed by atoms with van der Waals surface area (Å²) < 4.78 is 29.3. The molecule has 1 heterocycles. The van der Waals surface area contributed by atoms with Gasteiger partial charge in [0.25, 0.3) is 0 Å². The van der Waals surface area contributed by atoms with E-state index in [0.717, 1.165) is 0 Å². The first kappa shape index (κ1) is 11.6. The molecule has 0 radical (unpaired) electrons. The van der Waals surface area contributed by atoms with Gasteiger partial charge in [0.05, 0.1) is 16.9 Å². The van der Waals surface area contributed by atoms with Gasteiger partial charge in [-0.3, -0.25) is 4.98 Å². The monoisotopic (exact) mass is 249 g/mol. The lowest BCUT2D eigenvalue weighted by Gasteiger charge is -2.05. The molecule has 0 amide bonds. The zero-order valence-corrected chi connectivity index (χ0v) is 10.0. The van der Waals surface area contributed by atoms with Crippen LogP contribution in [-0.2, 0) is 9.84 Å². The van der Waals surface area contributed by atoms with Gasteiger partial charge in [-0.15, -0.1) is 0 Å². The minimum atomic E-state index is -3.48. The Bertz CT molecular complexity index is 591. The summed E-state index contributed by atoms with van der Waals surface area (Å²) in [6.07, 6.45) is 2.87. The van der Waals surface area contributed by atoms with Crippen LogP contribution in [0, 0.1) is 0 Å². The third kappa shape index (κ3) is 2.29. The maximum Gasteiger partial charge on any atom is 0.208 e. The zero-order chi connectivity index (χ0) is 12.3. The predicted octanol–water partition coefficient (Wildman–Crippen LogP) is 1.92. The van der Waals surface area contributed by atoms with Gasteiger partial charge in [-0.1, -0.05) is 0 Å². The van der Waals surface area contributed by atoms with Gasteiger partial charge < -0.3 is 4.74 Å². The van der Waals surface area contributed by atoms with Crippen molar-refractivity contribution >= 4 is 9.84 Å². The number of methoxy groups -OCH3 is 1. The molecule has 1 aromatic carbocycles. The van der Waals surface area contributed by atoms with Crippen LogP contribution in [0.4, 0.5) is 0 Å². The summed E-state index contributed by atoms with van der Waals surface area (Å²) in [5, 5.41) is 0. The highest BCUT2D eigenvalue weighted by Crippen LogP contribution is 2.21. The second-order valence-corrected chi connectivity index (χ2v) is 5.32. The van der Waals surface area contributed by atoms with E-state index in [2.05, 4.69) is 4.98 Å². The minimum absolute atomic E-state index is 0.185. The molecule has 0 spiro atoms. The Balaban J connectivity index is 2.45. The van der Waals surface area contributed by atoms with E-state index in [1.54, 1.807) is 18.2 Å². The van der Waals surface area contributed by atoms with E-state index < -0.39 is 9.84 Å². The summed E-state index contributed by atoms with van der Waals surface area (Å²) in [4.78, 5) is 4.22. The Hall–Kier alpha value is -1.88. The highest BCUT2D eigenvalue weighted by atomic mass is 32.2. The number of pyridine rings is 1. The van der Waals surface area contributed by atoms with Crippen molar-refractivity contribution in [3.8, 4) is 5.75 Å². The van der Waals surface area contributed by atoms with Gasteiger partial charge >= 0.3 is 0 Å². The number of rotatable bonds is 3. The van der Waals surface area contributed by atoms with Gasteiger partial charge in [-0.25, -0.2) is 8.42 Å². The molecule has 0 saturated heterocycles. The molecule has 0 unspecified atom stereocenters. The molecule has 0 aliphatic carbocycles. The van der Waals surface area contributed by atoms with Crippen LogP contribution in [-0.4, -0.2) is 20.5 Å². The van der Waals surface area contributed by atoms with E-state index in [9.17, 15) is 8.42 Å². The van der Waals surface area contributed by atoms with Crippen molar-refractivity contribution in [3.63, 3.8) is 0 Å². The second-order valence-electron chi connectivity index (χ2n) is 3.37. The third-order valence-corrected chi connectivity index (χ3v) is 4.07. The lowest BCUT2D eigenvalue weighted by Crippen LogP contribution is -2.02. The number of hydrogen-bond donors (Lipinski definition) is 0. The van der Waals surface area contributed by atoms with E-state index in [1.165, 1.54) is 37.7 Å². The fraction of sp³-hybridized carbons (Fsp3) is 0.0833. The molecular weight excluding hydrogens is 238 g/mol. The van der Waals surface area contributed by atoms with E-state index in [4.69, 9.17) is 4.74 Å². The summed E-state index contributed by atoms with van der Waals surface area (Å²) in [6.45, 7) is 0. The number of benzene rings is 1. The second kappa shape index (κ2) is 4.55. The molecule has 2 aromatic rings. The zero-order valence-electron chi connectivity index (χ0n) is 9.20. The highest BCUT2D eigenvalue weighted by Gasteiger charge is 2.17. The lowest BCUT2D eigenvalue weighted by molar-refractivity contribution is 0.414. The molecular formula is C12H11NO3S. The normalized spacial score (nSPS) is 11.1. The molecule has 0 aliphatic rings. The predicted molar refractivity (Wildman–Crippen MR) is 62.7 cm³/mol. The average Bonchev–Trinajstić information content (AvgIpc) is 2.40. The quantitative estimate of drug-likeness (QED) is 0.834. The van der Waals surface area contributed by atoms with E-state index >= 15 is 0 Å². The molecule has 0 N–H and O–H groups in total. The molecule has 0 atom stereocenters. The third-order valence-electron chi connectivity index (χ3n) is 2.31. The fourth-order valence-electron chi connectivity index (χ4n) is 1.40. The van der Waals surface area contributed by atoms with Gasteiger partial charge in [-0.05, 0) is 36.4 Å². The molecule has 0 fully saturated rings. The molecule has 5 heteroatoms. The van der Waals surface area contributed by atoms with Crippen molar-refractivity contribution in [2.75, 3.05) is 7.11 Å². The Morgan fingerprint density at radius 1 is 1.06 bits per heavy atom. The van der Waals surface area contributed by atoms with Crippen LogP contribution in [0.25, 0.3) is 0 Å². The largest absolute Gasteiger partial charge is 0.497 e.